The van der Waals surface area contributed by atoms with Crippen LogP contribution < -0.4 is 5.32 Å². The van der Waals surface area contributed by atoms with Crippen LogP contribution in [0.25, 0.3) is 10.9 Å². The summed E-state index contributed by atoms with van der Waals surface area (Å²) in [5.74, 6) is 1.04. The van der Waals surface area contributed by atoms with Gasteiger partial charge in [-0.15, -0.1) is 0 Å². The van der Waals surface area contributed by atoms with Crippen molar-refractivity contribution in [3.8, 4) is 0 Å². The number of hydrogen-bond acceptors (Lipinski definition) is 4. The second-order valence-corrected chi connectivity index (χ2v) is 6.30. The van der Waals surface area contributed by atoms with E-state index in [-0.39, 0.29) is 5.91 Å². The molecule has 5 nitrogen and oxygen atoms in total. The number of hydrogen-bond donors (Lipinski definition) is 1. The van der Waals surface area contributed by atoms with Crippen molar-refractivity contribution in [1.29, 1.82) is 0 Å². The number of benzene rings is 1. The molecule has 2 aromatic heterocycles. The average Bonchev–Trinajstić information content (AvgIpc) is 3.41. The zero-order chi connectivity index (χ0) is 16.7. The van der Waals surface area contributed by atoms with Gasteiger partial charge in [-0.05, 0) is 56.5 Å². The Morgan fingerprint density at radius 2 is 2.00 bits per heavy atom. The van der Waals surface area contributed by atoms with Crippen LogP contribution in [0.5, 0.6) is 0 Å². The predicted molar refractivity (Wildman–Crippen MR) is 93.2 cm³/mol. The highest BCUT2D eigenvalue weighted by Crippen LogP contribution is 2.42. The second-order valence-electron chi connectivity index (χ2n) is 6.30. The first-order chi connectivity index (χ1) is 11.6. The van der Waals surface area contributed by atoms with Crippen LogP contribution in [0.3, 0.4) is 0 Å². The maximum absolute atomic E-state index is 12.7. The summed E-state index contributed by atoms with van der Waals surface area (Å²) in [6.45, 7) is 3.89. The topological polar surface area (TPSA) is 67.8 Å². The van der Waals surface area contributed by atoms with Crippen molar-refractivity contribution in [2.24, 2.45) is 0 Å². The van der Waals surface area contributed by atoms with Crippen LogP contribution in [-0.4, -0.2) is 20.9 Å². The molecule has 1 saturated carbocycles. The van der Waals surface area contributed by atoms with Crippen molar-refractivity contribution in [2.45, 2.75) is 32.6 Å². The summed E-state index contributed by atoms with van der Waals surface area (Å²) in [5.41, 5.74) is 4.28. The van der Waals surface area contributed by atoms with Gasteiger partial charge in [0.25, 0.3) is 5.91 Å². The first-order valence-corrected chi connectivity index (χ1v) is 8.12. The van der Waals surface area contributed by atoms with Crippen molar-refractivity contribution in [3.05, 3.63) is 59.3 Å². The first-order valence-electron chi connectivity index (χ1n) is 8.12. The molecule has 3 aromatic rings. The Balaban J connectivity index is 1.66. The van der Waals surface area contributed by atoms with E-state index in [1.807, 2.05) is 32.0 Å². The third-order valence-electron chi connectivity index (χ3n) is 4.37. The quantitative estimate of drug-likeness (QED) is 0.798. The summed E-state index contributed by atoms with van der Waals surface area (Å²) in [5, 5.41) is 3.97. The fourth-order valence-electron chi connectivity index (χ4n) is 2.87. The van der Waals surface area contributed by atoms with Crippen LogP contribution in [0.4, 0.5) is 5.69 Å². The number of aromatic nitrogens is 3. The van der Waals surface area contributed by atoms with Crippen LogP contribution in [0.15, 0.2) is 36.7 Å². The summed E-state index contributed by atoms with van der Waals surface area (Å²) >= 11 is 0. The Morgan fingerprint density at radius 1 is 1.17 bits per heavy atom. The molecule has 1 amide bonds. The van der Waals surface area contributed by atoms with Crippen molar-refractivity contribution in [3.63, 3.8) is 0 Å². The molecule has 1 aliphatic rings. The van der Waals surface area contributed by atoms with Gasteiger partial charge in [-0.1, -0.05) is 0 Å². The zero-order valence-corrected chi connectivity index (χ0v) is 13.7. The monoisotopic (exact) mass is 318 g/mol. The molecule has 5 heteroatoms. The van der Waals surface area contributed by atoms with Crippen molar-refractivity contribution in [2.75, 3.05) is 5.32 Å². The van der Waals surface area contributed by atoms with E-state index < -0.39 is 0 Å². The molecule has 24 heavy (non-hydrogen) atoms. The number of nitrogens with one attached hydrogen (secondary N) is 1. The summed E-state index contributed by atoms with van der Waals surface area (Å²) < 4.78 is 0. The lowest BCUT2D eigenvalue weighted by Crippen LogP contribution is -2.14. The highest BCUT2D eigenvalue weighted by Gasteiger charge is 2.28. The van der Waals surface area contributed by atoms with Crippen LogP contribution in [0, 0.1) is 13.8 Å². The Morgan fingerprint density at radius 3 is 2.79 bits per heavy atom. The van der Waals surface area contributed by atoms with Crippen molar-refractivity contribution in [1.82, 2.24) is 15.0 Å². The van der Waals surface area contributed by atoms with Crippen LogP contribution in [0.2, 0.25) is 0 Å². The minimum atomic E-state index is -0.144. The molecule has 0 aliphatic heterocycles. The van der Waals surface area contributed by atoms with E-state index in [1.165, 1.54) is 0 Å². The van der Waals surface area contributed by atoms with Gasteiger partial charge in [-0.3, -0.25) is 9.78 Å². The molecule has 2 heterocycles. The third-order valence-corrected chi connectivity index (χ3v) is 4.37. The highest BCUT2D eigenvalue weighted by atomic mass is 16.1. The summed E-state index contributed by atoms with van der Waals surface area (Å²) in [7, 11) is 0. The number of nitrogens with zero attached hydrogens (tertiary/aromatic N) is 3. The van der Waals surface area contributed by atoms with Gasteiger partial charge in [0.05, 0.1) is 23.1 Å². The Bertz CT molecular complexity index is 947. The van der Waals surface area contributed by atoms with E-state index in [9.17, 15) is 4.79 Å². The molecule has 4 rings (SSSR count). The van der Waals surface area contributed by atoms with Gasteiger partial charge >= 0.3 is 0 Å². The summed E-state index contributed by atoms with van der Waals surface area (Å²) in [4.78, 5) is 25.7. The smallest absolute Gasteiger partial charge is 0.255 e. The lowest BCUT2D eigenvalue weighted by Gasteiger charge is -2.11. The van der Waals surface area contributed by atoms with Crippen molar-refractivity contribution >= 4 is 22.5 Å². The normalized spacial score (nSPS) is 13.9. The van der Waals surface area contributed by atoms with Crippen LogP contribution in [0.1, 0.15) is 46.2 Å². The van der Waals surface area contributed by atoms with Gasteiger partial charge in [0.15, 0.2) is 0 Å². The number of fused-ring (bicyclic) bond motifs is 1. The van der Waals surface area contributed by atoms with Crippen molar-refractivity contribution < 1.29 is 4.79 Å². The Labute approximate surface area is 140 Å². The standard InChI is InChI=1S/C19H18N4O/c1-11-7-8-20-16-6-5-14(9-15(11)16)19(24)23-17-10-21-12(2)22-18(17)13-3-4-13/h5-10,13H,3-4H2,1-2H3,(H,23,24). The largest absolute Gasteiger partial charge is 0.319 e. The molecule has 120 valence electrons. The number of anilines is 1. The fraction of sp³-hybridized carbons (Fsp3) is 0.263. The number of rotatable bonds is 3. The lowest BCUT2D eigenvalue weighted by molar-refractivity contribution is 0.102. The van der Waals surface area contributed by atoms with E-state index in [0.29, 0.717) is 11.5 Å². The highest BCUT2D eigenvalue weighted by molar-refractivity contribution is 6.06. The summed E-state index contributed by atoms with van der Waals surface area (Å²) in [6.07, 6.45) is 5.74. The van der Waals surface area contributed by atoms with E-state index in [1.54, 1.807) is 18.5 Å². The molecule has 1 fully saturated rings. The molecule has 1 aromatic carbocycles. The molecule has 0 unspecified atom stereocenters. The van der Waals surface area contributed by atoms with E-state index in [0.717, 1.165) is 46.5 Å². The lowest BCUT2D eigenvalue weighted by atomic mass is 10.1. The van der Waals surface area contributed by atoms with E-state index in [2.05, 4.69) is 20.3 Å². The van der Waals surface area contributed by atoms with Gasteiger partial charge in [0, 0.05) is 23.1 Å². The Hall–Kier alpha value is -2.82. The molecule has 0 spiro atoms. The Kier molecular flexibility index (Phi) is 3.49. The molecule has 0 bridgehead atoms. The average molecular weight is 318 g/mol. The third kappa shape index (κ3) is 2.73. The SMILES string of the molecule is Cc1ncc(NC(=O)c2ccc3nccc(C)c3c2)c(C2CC2)n1. The molecule has 1 N–H and O–H groups in total. The van der Waals surface area contributed by atoms with Crippen LogP contribution >= 0.6 is 0 Å². The molecular formula is C19H18N4O. The van der Waals surface area contributed by atoms with Gasteiger partial charge in [-0.25, -0.2) is 9.97 Å². The minimum absolute atomic E-state index is 0.144. The number of amides is 1. The van der Waals surface area contributed by atoms with E-state index >= 15 is 0 Å². The second kappa shape index (κ2) is 5.67. The maximum Gasteiger partial charge on any atom is 0.255 e. The van der Waals surface area contributed by atoms with Crippen LogP contribution in [-0.2, 0) is 0 Å². The van der Waals surface area contributed by atoms with E-state index in [4.69, 9.17) is 0 Å². The summed E-state index contributed by atoms with van der Waals surface area (Å²) in [6, 6.07) is 7.52. The molecule has 0 saturated heterocycles. The fourth-order valence-corrected chi connectivity index (χ4v) is 2.87. The first kappa shape index (κ1) is 14.8. The number of carbonyl (C=O) groups is 1. The van der Waals surface area contributed by atoms with Gasteiger partial charge < -0.3 is 5.32 Å². The minimum Gasteiger partial charge on any atom is -0.319 e. The molecular weight excluding hydrogens is 300 g/mol. The predicted octanol–water partition coefficient (Wildman–Crippen LogP) is 3.77. The molecule has 0 radical (unpaired) electrons. The zero-order valence-electron chi connectivity index (χ0n) is 13.7. The van der Waals surface area contributed by atoms with Gasteiger partial charge in [0.2, 0.25) is 0 Å². The number of pyridine rings is 1. The van der Waals surface area contributed by atoms with Gasteiger partial charge in [0.1, 0.15) is 5.82 Å². The van der Waals surface area contributed by atoms with Gasteiger partial charge in [-0.2, -0.15) is 0 Å². The maximum atomic E-state index is 12.7. The number of aryl methyl sites for hydroxylation is 2. The number of carbonyl (C=O) groups excluding carboxylic acids is 1. The molecule has 0 atom stereocenters. The molecule has 1 aliphatic carbocycles.